The lowest BCUT2D eigenvalue weighted by Gasteiger charge is -2.06. The number of hydrogen-bond donors (Lipinski definition) is 1. The quantitative estimate of drug-likeness (QED) is 0.653. The van der Waals surface area contributed by atoms with Crippen molar-refractivity contribution in [2.24, 2.45) is 5.10 Å². The summed E-state index contributed by atoms with van der Waals surface area (Å²) in [6, 6.07) is 8.86. The Morgan fingerprint density at radius 3 is 2.47 bits per heavy atom. The van der Waals surface area contributed by atoms with Gasteiger partial charge in [-0.05, 0) is 31.2 Å². The molecule has 2 rings (SSSR count). The Morgan fingerprint density at radius 1 is 1.16 bits per heavy atom. The van der Waals surface area contributed by atoms with Crippen molar-refractivity contribution in [1.29, 1.82) is 0 Å². The molecule has 0 aliphatic rings. The third kappa shape index (κ3) is 3.83. The van der Waals surface area contributed by atoms with Crippen LogP contribution in [0.25, 0.3) is 0 Å². The van der Waals surface area contributed by atoms with Gasteiger partial charge in [-0.2, -0.15) is 5.10 Å². The first-order valence-corrected chi connectivity index (χ1v) is 6.57. The monoisotopic (exact) mass is 313 g/mol. The van der Waals surface area contributed by atoms with Crippen LogP contribution in [0, 0.1) is 6.92 Å². The van der Waals surface area contributed by atoms with E-state index in [0.717, 1.165) is 11.4 Å². The fraction of sp³-hybridized carbons (Fsp3) is 0.0769. The molecule has 0 saturated heterocycles. The molecule has 0 fully saturated rings. The van der Waals surface area contributed by atoms with Crippen molar-refractivity contribution < 1.29 is 0 Å². The molecule has 6 heteroatoms. The van der Waals surface area contributed by atoms with Crippen LogP contribution in [0.15, 0.2) is 35.4 Å². The van der Waals surface area contributed by atoms with Gasteiger partial charge >= 0.3 is 0 Å². The van der Waals surface area contributed by atoms with Crippen molar-refractivity contribution in [3.8, 4) is 0 Å². The topological polar surface area (TPSA) is 37.3 Å². The number of aromatic nitrogens is 1. The van der Waals surface area contributed by atoms with Gasteiger partial charge in [-0.25, -0.2) is 0 Å². The van der Waals surface area contributed by atoms with E-state index >= 15 is 0 Å². The summed E-state index contributed by atoms with van der Waals surface area (Å²) < 4.78 is 0. The average Bonchev–Trinajstić information content (AvgIpc) is 2.32. The van der Waals surface area contributed by atoms with Gasteiger partial charge < -0.3 is 0 Å². The van der Waals surface area contributed by atoms with E-state index < -0.39 is 0 Å². The molecule has 0 bridgehead atoms. The zero-order valence-electron chi connectivity index (χ0n) is 9.99. The molecular formula is C13H10Cl3N3. The summed E-state index contributed by atoms with van der Waals surface area (Å²) in [4.78, 5) is 4.29. The summed E-state index contributed by atoms with van der Waals surface area (Å²) in [6.45, 7) is 1.91. The van der Waals surface area contributed by atoms with Crippen LogP contribution in [0.2, 0.25) is 15.1 Å². The van der Waals surface area contributed by atoms with E-state index in [0.29, 0.717) is 20.8 Å². The summed E-state index contributed by atoms with van der Waals surface area (Å²) in [6.07, 6.45) is 1.59. The van der Waals surface area contributed by atoms with Gasteiger partial charge in [-0.3, -0.25) is 10.4 Å². The first-order valence-electron chi connectivity index (χ1n) is 5.43. The van der Waals surface area contributed by atoms with Crippen LogP contribution in [0.4, 0.5) is 5.69 Å². The SMILES string of the molecule is Cc1cccc(C=NNc2c(Cl)cc(Cl)cc2Cl)n1. The van der Waals surface area contributed by atoms with Crippen LogP contribution >= 0.6 is 34.8 Å². The summed E-state index contributed by atoms with van der Waals surface area (Å²) in [7, 11) is 0. The highest BCUT2D eigenvalue weighted by atomic mass is 35.5. The third-order valence-electron chi connectivity index (χ3n) is 2.29. The number of anilines is 1. The second kappa shape index (κ2) is 6.24. The lowest BCUT2D eigenvalue weighted by Crippen LogP contribution is -1.95. The maximum atomic E-state index is 6.02. The minimum Gasteiger partial charge on any atom is -0.275 e. The molecule has 19 heavy (non-hydrogen) atoms. The standard InChI is InChI=1S/C13H10Cl3N3/c1-8-3-2-4-10(18-8)7-17-19-13-11(15)5-9(14)6-12(13)16/h2-7,19H,1H3. The van der Waals surface area contributed by atoms with Crippen LogP contribution in [0.1, 0.15) is 11.4 Å². The van der Waals surface area contributed by atoms with Gasteiger partial charge in [-0.15, -0.1) is 0 Å². The molecule has 0 radical (unpaired) electrons. The number of nitrogens with one attached hydrogen (secondary N) is 1. The summed E-state index contributed by atoms with van der Waals surface area (Å²) >= 11 is 17.9. The third-order valence-corrected chi connectivity index (χ3v) is 3.10. The Labute approximate surface area is 126 Å². The maximum Gasteiger partial charge on any atom is 0.0935 e. The predicted octanol–water partition coefficient (Wildman–Crippen LogP) is 4.80. The number of halogens is 3. The molecule has 0 amide bonds. The van der Waals surface area contributed by atoms with Crippen molar-refractivity contribution in [1.82, 2.24) is 4.98 Å². The predicted molar refractivity (Wildman–Crippen MR) is 81.7 cm³/mol. The molecule has 3 nitrogen and oxygen atoms in total. The van der Waals surface area contributed by atoms with Gasteiger partial charge in [0.1, 0.15) is 0 Å². The van der Waals surface area contributed by atoms with Crippen molar-refractivity contribution in [2.75, 3.05) is 5.43 Å². The number of aryl methyl sites for hydroxylation is 1. The lowest BCUT2D eigenvalue weighted by atomic mass is 10.3. The number of rotatable bonds is 3. The molecule has 1 aromatic heterocycles. The van der Waals surface area contributed by atoms with Gasteiger partial charge in [0, 0.05) is 10.7 Å². The molecule has 98 valence electrons. The van der Waals surface area contributed by atoms with Gasteiger partial charge in [0.15, 0.2) is 0 Å². The molecule has 0 aliphatic heterocycles. The maximum absolute atomic E-state index is 6.02. The number of benzene rings is 1. The second-order valence-corrected chi connectivity index (χ2v) is 5.07. The Morgan fingerprint density at radius 2 is 1.84 bits per heavy atom. The fourth-order valence-electron chi connectivity index (χ4n) is 1.45. The average molecular weight is 315 g/mol. The van der Waals surface area contributed by atoms with E-state index in [1.165, 1.54) is 0 Å². The number of hydrogen-bond acceptors (Lipinski definition) is 3. The second-order valence-electron chi connectivity index (χ2n) is 3.82. The van der Waals surface area contributed by atoms with E-state index in [4.69, 9.17) is 34.8 Å². The van der Waals surface area contributed by atoms with E-state index in [1.54, 1.807) is 18.3 Å². The number of hydrazone groups is 1. The molecule has 0 spiro atoms. The first-order chi connectivity index (χ1) is 9.06. The summed E-state index contributed by atoms with van der Waals surface area (Å²) in [5.74, 6) is 0. The highest BCUT2D eigenvalue weighted by Gasteiger charge is 2.06. The molecule has 1 N–H and O–H groups in total. The Kier molecular flexibility index (Phi) is 4.64. The minimum atomic E-state index is 0.409. The molecular weight excluding hydrogens is 305 g/mol. The molecule has 1 heterocycles. The van der Waals surface area contributed by atoms with Crippen LogP contribution in [-0.4, -0.2) is 11.2 Å². The van der Waals surface area contributed by atoms with Crippen LogP contribution in [0.3, 0.4) is 0 Å². The van der Waals surface area contributed by atoms with Crippen molar-refractivity contribution >= 4 is 46.7 Å². The highest BCUT2D eigenvalue weighted by molar-refractivity contribution is 6.41. The van der Waals surface area contributed by atoms with Gasteiger partial charge in [0.05, 0.1) is 27.6 Å². The molecule has 1 aromatic carbocycles. The van der Waals surface area contributed by atoms with E-state index in [9.17, 15) is 0 Å². The van der Waals surface area contributed by atoms with E-state index in [2.05, 4.69) is 15.5 Å². The number of nitrogens with zero attached hydrogens (tertiary/aromatic N) is 2. The van der Waals surface area contributed by atoms with Crippen molar-refractivity contribution in [3.05, 3.63) is 56.8 Å². The van der Waals surface area contributed by atoms with Crippen LogP contribution in [0.5, 0.6) is 0 Å². The van der Waals surface area contributed by atoms with Crippen LogP contribution < -0.4 is 5.43 Å². The van der Waals surface area contributed by atoms with E-state index in [1.807, 2.05) is 25.1 Å². The first kappa shape index (κ1) is 14.1. The zero-order chi connectivity index (χ0) is 13.8. The summed E-state index contributed by atoms with van der Waals surface area (Å²) in [5.41, 5.74) is 4.96. The molecule has 0 unspecified atom stereocenters. The lowest BCUT2D eigenvalue weighted by molar-refractivity contribution is 1.18. The van der Waals surface area contributed by atoms with Crippen molar-refractivity contribution in [3.63, 3.8) is 0 Å². The fourth-order valence-corrected chi connectivity index (χ4v) is 2.35. The Hall–Kier alpha value is -1.29. The zero-order valence-corrected chi connectivity index (χ0v) is 12.3. The highest BCUT2D eigenvalue weighted by Crippen LogP contribution is 2.33. The van der Waals surface area contributed by atoms with Gasteiger partial charge in [-0.1, -0.05) is 40.9 Å². The molecule has 0 saturated carbocycles. The smallest absolute Gasteiger partial charge is 0.0935 e. The largest absolute Gasteiger partial charge is 0.275 e. The summed E-state index contributed by atoms with van der Waals surface area (Å²) in [5, 5.41) is 5.35. The van der Waals surface area contributed by atoms with Gasteiger partial charge in [0.25, 0.3) is 0 Å². The minimum absolute atomic E-state index is 0.409. The normalized spacial score (nSPS) is 10.9. The van der Waals surface area contributed by atoms with Crippen molar-refractivity contribution in [2.45, 2.75) is 6.92 Å². The molecule has 2 aromatic rings. The van der Waals surface area contributed by atoms with Gasteiger partial charge in [0.2, 0.25) is 0 Å². The Balaban J connectivity index is 2.15. The molecule has 0 aliphatic carbocycles. The molecule has 0 atom stereocenters. The number of pyridine rings is 1. The van der Waals surface area contributed by atoms with E-state index in [-0.39, 0.29) is 0 Å². The Bertz CT molecular complexity index is 603. The van der Waals surface area contributed by atoms with Crippen LogP contribution in [-0.2, 0) is 0 Å².